The molecule has 7 heteroatoms. The van der Waals surface area contributed by atoms with E-state index in [1.807, 2.05) is 12.1 Å². The minimum Gasteiger partial charge on any atom is -0.457 e. The summed E-state index contributed by atoms with van der Waals surface area (Å²) in [6.45, 7) is 2.28. The molecule has 1 heterocycles. The zero-order chi connectivity index (χ0) is 17.9. The van der Waals surface area contributed by atoms with Crippen molar-refractivity contribution in [3.8, 4) is 11.5 Å². The quantitative estimate of drug-likeness (QED) is 0.707. The summed E-state index contributed by atoms with van der Waals surface area (Å²) in [6, 6.07) is 12.6. The van der Waals surface area contributed by atoms with E-state index in [0.29, 0.717) is 16.5 Å². The molecule has 3 rings (SSSR count). The van der Waals surface area contributed by atoms with Crippen LogP contribution in [0.25, 0.3) is 0 Å². The van der Waals surface area contributed by atoms with Gasteiger partial charge in [0.05, 0.1) is 6.54 Å². The Morgan fingerprint density at radius 3 is 2.56 bits per heavy atom. The number of nitrogens with zero attached hydrogens (tertiary/aromatic N) is 3. The van der Waals surface area contributed by atoms with Gasteiger partial charge in [-0.2, -0.15) is 5.10 Å². The van der Waals surface area contributed by atoms with E-state index in [9.17, 15) is 5.11 Å². The lowest BCUT2D eigenvalue weighted by molar-refractivity contribution is 0.0336. The smallest absolute Gasteiger partial charge is 0.137 e. The summed E-state index contributed by atoms with van der Waals surface area (Å²) < 4.78 is 7.41. The van der Waals surface area contributed by atoms with Gasteiger partial charge in [0.1, 0.15) is 29.8 Å². The van der Waals surface area contributed by atoms with Crippen LogP contribution in [0.4, 0.5) is 0 Å². The second kappa shape index (κ2) is 7.23. The van der Waals surface area contributed by atoms with Crippen molar-refractivity contribution in [2.75, 3.05) is 0 Å². The van der Waals surface area contributed by atoms with E-state index >= 15 is 0 Å². The Morgan fingerprint density at radius 1 is 1.20 bits per heavy atom. The molecule has 0 amide bonds. The van der Waals surface area contributed by atoms with Gasteiger partial charge in [-0.15, -0.1) is 0 Å². The van der Waals surface area contributed by atoms with Gasteiger partial charge in [0, 0.05) is 11.6 Å². The predicted octanol–water partition coefficient (Wildman–Crippen LogP) is 3.09. The zero-order valence-electron chi connectivity index (χ0n) is 13.8. The topological polar surface area (TPSA) is 86.2 Å². The van der Waals surface area contributed by atoms with Crippen LogP contribution in [-0.2, 0) is 18.7 Å². The van der Waals surface area contributed by atoms with Crippen molar-refractivity contribution < 1.29 is 9.84 Å². The first kappa shape index (κ1) is 17.4. The molecule has 0 bridgehead atoms. The Bertz CT molecular complexity index is 833. The molecule has 0 saturated carbocycles. The fourth-order valence-electron chi connectivity index (χ4n) is 2.68. The molecule has 1 aromatic heterocycles. The number of ether oxygens (including phenoxy) is 1. The van der Waals surface area contributed by atoms with Crippen molar-refractivity contribution in [3.63, 3.8) is 0 Å². The van der Waals surface area contributed by atoms with Crippen molar-refractivity contribution in [2.45, 2.75) is 25.6 Å². The Labute approximate surface area is 150 Å². The zero-order valence-corrected chi connectivity index (χ0v) is 14.5. The van der Waals surface area contributed by atoms with Gasteiger partial charge in [0.25, 0.3) is 0 Å². The van der Waals surface area contributed by atoms with E-state index < -0.39 is 5.60 Å². The number of rotatable bonds is 6. The van der Waals surface area contributed by atoms with Crippen molar-refractivity contribution in [3.05, 3.63) is 71.3 Å². The summed E-state index contributed by atoms with van der Waals surface area (Å²) in [5.41, 5.74) is 6.28. The summed E-state index contributed by atoms with van der Waals surface area (Å²) in [6.07, 6.45) is 3.00. The number of nitrogens with two attached hydrogens (primary N) is 1. The highest BCUT2D eigenvalue weighted by Gasteiger charge is 2.27. The second-order valence-electron chi connectivity index (χ2n) is 5.95. The number of aromatic nitrogens is 3. The van der Waals surface area contributed by atoms with Gasteiger partial charge in [-0.25, -0.2) is 9.67 Å². The first-order chi connectivity index (χ1) is 12.0. The van der Waals surface area contributed by atoms with Crippen LogP contribution in [-0.4, -0.2) is 19.9 Å². The minimum atomic E-state index is -1.14. The first-order valence-electron chi connectivity index (χ1n) is 7.79. The number of hydrogen-bond acceptors (Lipinski definition) is 5. The highest BCUT2D eigenvalue weighted by molar-refractivity contribution is 6.30. The second-order valence-corrected chi connectivity index (χ2v) is 6.38. The Balaban J connectivity index is 1.84. The van der Waals surface area contributed by atoms with E-state index in [-0.39, 0.29) is 13.1 Å². The van der Waals surface area contributed by atoms with Crippen LogP contribution >= 0.6 is 11.6 Å². The standard InChI is InChI=1S/C18H19ClN4O2/c1-18(24,10-23-12-21-11-22-23)17-7-6-16(8-13(17)9-20)25-15-4-2-14(19)3-5-15/h2-8,11-12,24H,9-10,20H2,1H3. The molecule has 0 radical (unpaired) electrons. The molecule has 0 spiro atoms. The van der Waals surface area contributed by atoms with E-state index in [4.69, 9.17) is 22.1 Å². The SMILES string of the molecule is CC(O)(Cn1cncn1)c1ccc(Oc2ccc(Cl)cc2)cc1CN. The summed E-state index contributed by atoms with van der Waals surface area (Å²) in [5.74, 6) is 1.32. The summed E-state index contributed by atoms with van der Waals surface area (Å²) >= 11 is 5.88. The van der Waals surface area contributed by atoms with Gasteiger partial charge in [0.2, 0.25) is 0 Å². The monoisotopic (exact) mass is 358 g/mol. The van der Waals surface area contributed by atoms with Crippen LogP contribution in [0.5, 0.6) is 11.5 Å². The molecule has 3 N–H and O–H groups in total. The molecule has 25 heavy (non-hydrogen) atoms. The molecule has 0 saturated heterocycles. The molecule has 1 atom stereocenters. The average Bonchev–Trinajstić information content (AvgIpc) is 3.09. The third kappa shape index (κ3) is 4.17. The first-order valence-corrected chi connectivity index (χ1v) is 8.17. The molecule has 0 aliphatic rings. The lowest BCUT2D eigenvalue weighted by atomic mass is 9.91. The number of hydrogen-bond donors (Lipinski definition) is 2. The molecule has 0 fully saturated rings. The van der Waals surface area contributed by atoms with E-state index in [2.05, 4.69) is 10.1 Å². The largest absolute Gasteiger partial charge is 0.457 e. The maximum atomic E-state index is 10.9. The van der Waals surface area contributed by atoms with Gasteiger partial charge < -0.3 is 15.6 Å². The third-order valence-corrected chi connectivity index (χ3v) is 4.11. The van der Waals surface area contributed by atoms with Gasteiger partial charge in [-0.3, -0.25) is 0 Å². The molecule has 0 aliphatic heterocycles. The van der Waals surface area contributed by atoms with Crippen molar-refractivity contribution in [2.24, 2.45) is 5.73 Å². The lowest BCUT2D eigenvalue weighted by Crippen LogP contribution is -2.29. The van der Waals surface area contributed by atoms with Crippen LogP contribution in [0.3, 0.4) is 0 Å². The molecule has 6 nitrogen and oxygen atoms in total. The van der Waals surface area contributed by atoms with Gasteiger partial charge in [-0.1, -0.05) is 17.7 Å². The lowest BCUT2D eigenvalue weighted by Gasteiger charge is -2.26. The Morgan fingerprint density at radius 2 is 1.92 bits per heavy atom. The van der Waals surface area contributed by atoms with Crippen LogP contribution in [0.1, 0.15) is 18.1 Å². The summed E-state index contributed by atoms with van der Waals surface area (Å²) in [7, 11) is 0. The third-order valence-electron chi connectivity index (χ3n) is 3.86. The summed E-state index contributed by atoms with van der Waals surface area (Å²) in [5, 5.41) is 15.6. The van der Waals surface area contributed by atoms with Crippen molar-refractivity contribution >= 4 is 11.6 Å². The normalized spacial score (nSPS) is 13.4. The van der Waals surface area contributed by atoms with E-state index in [0.717, 1.165) is 11.1 Å². The van der Waals surface area contributed by atoms with Crippen molar-refractivity contribution in [1.82, 2.24) is 14.8 Å². The van der Waals surface area contributed by atoms with Crippen LogP contribution in [0, 0.1) is 0 Å². The molecular formula is C18H19ClN4O2. The van der Waals surface area contributed by atoms with E-state index in [1.54, 1.807) is 48.3 Å². The van der Waals surface area contributed by atoms with Crippen LogP contribution in [0.15, 0.2) is 55.1 Å². The van der Waals surface area contributed by atoms with E-state index in [1.165, 1.54) is 6.33 Å². The highest BCUT2D eigenvalue weighted by atomic mass is 35.5. The average molecular weight is 359 g/mol. The maximum absolute atomic E-state index is 10.9. The number of halogens is 1. The van der Waals surface area contributed by atoms with Crippen LogP contribution < -0.4 is 10.5 Å². The number of benzene rings is 2. The molecule has 0 aliphatic carbocycles. The maximum Gasteiger partial charge on any atom is 0.137 e. The molecule has 2 aromatic carbocycles. The minimum absolute atomic E-state index is 0.275. The Hall–Kier alpha value is -2.41. The predicted molar refractivity (Wildman–Crippen MR) is 95.5 cm³/mol. The Kier molecular flexibility index (Phi) is 5.03. The van der Waals surface area contributed by atoms with Gasteiger partial charge >= 0.3 is 0 Å². The van der Waals surface area contributed by atoms with Gasteiger partial charge in [0.15, 0.2) is 0 Å². The highest BCUT2D eigenvalue weighted by Crippen LogP contribution is 2.31. The molecule has 130 valence electrons. The summed E-state index contributed by atoms with van der Waals surface area (Å²) in [4.78, 5) is 3.90. The number of aliphatic hydroxyl groups is 1. The molecule has 3 aromatic rings. The van der Waals surface area contributed by atoms with Gasteiger partial charge in [-0.05, 0) is 54.4 Å². The van der Waals surface area contributed by atoms with Crippen LogP contribution in [0.2, 0.25) is 5.02 Å². The fraction of sp³-hybridized carbons (Fsp3) is 0.222. The molecular weight excluding hydrogens is 340 g/mol. The molecule has 1 unspecified atom stereocenters. The van der Waals surface area contributed by atoms with Crippen molar-refractivity contribution in [1.29, 1.82) is 0 Å². The fourth-order valence-corrected chi connectivity index (χ4v) is 2.81.